The number of aromatic carboxylic acids is 1. The zero-order valence-electron chi connectivity index (χ0n) is 15.3. The highest BCUT2D eigenvalue weighted by Crippen LogP contribution is 2.35. The first-order chi connectivity index (χ1) is 10.7. The molecule has 0 fully saturated rings. The zero-order valence-corrected chi connectivity index (χ0v) is 15.3. The molecule has 0 unspecified atom stereocenters. The fourth-order valence-electron chi connectivity index (χ4n) is 3.35. The van der Waals surface area contributed by atoms with Gasteiger partial charge in [0.1, 0.15) is 0 Å². The van der Waals surface area contributed by atoms with E-state index in [9.17, 15) is 9.90 Å². The van der Waals surface area contributed by atoms with Crippen molar-refractivity contribution in [2.75, 3.05) is 0 Å². The van der Waals surface area contributed by atoms with E-state index in [-0.39, 0.29) is 5.41 Å². The number of aromatic nitrogens is 1. The van der Waals surface area contributed by atoms with Crippen LogP contribution in [-0.4, -0.2) is 15.6 Å². The molecule has 0 aliphatic rings. The van der Waals surface area contributed by atoms with Crippen molar-refractivity contribution in [3.05, 3.63) is 34.5 Å². The Morgan fingerprint density at radius 1 is 1.17 bits per heavy atom. The van der Waals surface area contributed by atoms with Crippen LogP contribution in [0.25, 0.3) is 10.9 Å². The summed E-state index contributed by atoms with van der Waals surface area (Å²) in [4.78, 5) is 11.9. The molecular weight excluding hydrogens is 286 g/mol. The van der Waals surface area contributed by atoms with Crippen molar-refractivity contribution in [2.45, 2.75) is 72.8 Å². The summed E-state index contributed by atoms with van der Waals surface area (Å²) in [5.74, 6) is -0.834. The average Bonchev–Trinajstić information content (AvgIpc) is 2.72. The molecule has 0 spiro atoms. The lowest BCUT2D eigenvalue weighted by Crippen LogP contribution is -2.13. The predicted molar refractivity (Wildman–Crippen MR) is 96.6 cm³/mol. The SMILES string of the molecule is CCCc1c(C)n(CCC)c2c(C(=O)O)cc(C(C)(C)C)cc12. The molecule has 0 bridgehead atoms. The molecule has 0 saturated carbocycles. The second kappa shape index (κ2) is 6.38. The normalized spacial score (nSPS) is 12.1. The number of benzene rings is 1. The van der Waals surface area contributed by atoms with Gasteiger partial charge in [-0.2, -0.15) is 0 Å². The fourth-order valence-corrected chi connectivity index (χ4v) is 3.35. The minimum Gasteiger partial charge on any atom is -0.478 e. The Hall–Kier alpha value is -1.77. The Balaban J connectivity index is 2.93. The van der Waals surface area contributed by atoms with Crippen LogP contribution in [0.2, 0.25) is 0 Å². The summed E-state index contributed by atoms with van der Waals surface area (Å²) in [5.41, 5.74) is 4.89. The number of carbonyl (C=O) groups is 1. The van der Waals surface area contributed by atoms with E-state index in [4.69, 9.17) is 0 Å². The van der Waals surface area contributed by atoms with Crippen LogP contribution in [-0.2, 0) is 18.4 Å². The van der Waals surface area contributed by atoms with Gasteiger partial charge >= 0.3 is 5.97 Å². The number of fused-ring (bicyclic) bond motifs is 1. The number of hydrogen-bond acceptors (Lipinski definition) is 1. The molecule has 1 aromatic heterocycles. The van der Waals surface area contributed by atoms with Crippen LogP contribution in [0, 0.1) is 6.92 Å². The number of rotatable bonds is 5. The van der Waals surface area contributed by atoms with Crippen LogP contribution < -0.4 is 0 Å². The molecular formula is C20H29NO2. The molecule has 0 amide bonds. The van der Waals surface area contributed by atoms with E-state index < -0.39 is 5.97 Å². The summed E-state index contributed by atoms with van der Waals surface area (Å²) in [6.45, 7) is 13.7. The van der Waals surface area contributed by atoms with Gasteiger partial charge in [0.15, 0.2) is 0 Å². The zero-order chi connectivity index (χ0) is 17.4. The molecule has 23 heavy (non-hydrogen) atoms. The summed E-state index contributed by atoms with van der Waals surface area (Å²) in [7, 11) is 0. The summed E-state index contributed by atoms with van der Waals surface area (Å²) in [6.07, 6.45) is 3.05. The maximum absolute atomic E-state index is 11.9. The van der Waals surface area contributed by atoms with Gasteiger partial charge in [0, 0.05) is 17.6 Å². The van der Waals surface area contributed by atoms with Crippen LogP contribution in [0.5, 0.6) is 0 Å². The molecule has 3 nitrogen and oxygen atoms in total. The highest BCUT2D eigenvalue weighted by molar-refractivity contribution is 6.04. The van der Waals surface area contributed by atoms with Gasteiger partial charge in [-0.15, -0.1) is 0 Å². The van der Waals surface area contributed by atoms with E-state index in [1.165, 1.54) is 11.3 Å². The Bertz CT molecular complexity index is 732. The van der Waals surface area contributed by atoms with Crippen molar-refractivity contribution >= 4 is 16.9 Å². The standard InChI is InChI=1S/C20H29NO2/c1-7-9-15-13(3)21(10-8-2)18-16(15)11-14(20(4,5)6)12-17(18)19(22)23/h11-12H,7-10H2,1-6H3,(H,22,23). The van der Waals surface area contributed by atoms with Gasteiger partial charge in [0.25, 0.3) is 0 Å². The summed E-state index contributed by atoms with van der Waals surface area (Å²) in [5, 5.41) is 10.9. The van der Waals surface area contributed by atoms with Crippen molar-refractivity contribution in [1.29, 1.82) is 0 Å². The van der Waals surface area contributed by atoms with Gasteiger partial charge in [-0.1, -0.05) is 41.0 Å². The molecule has 0 radical (unpaired) electrons. The number of hydrogen-bond donors (Lipinski definition) is 1. The van der Waals surface area contributed by atoms with Gasteiger partial charge in [-0.05, 0) is 48.4 Å². The molecule has 3 heteroatoms. The molecule has 0 atom stereocenters. The minimum atomic E-state index is -0.834. The maximum Gasteiger partial charge on any atom is 0.337 e. The Morgan fingerprint density at radius 3 is 2.30 bits per heavy atom. The molecule has 0 aliphatic carbocycles. The van der Waals surface area contributed by atoms with Gasteiger partial charge in [-0.25, -0.2) is 4.79 Å². The summed E-state index contributed by atoms with van der Waals surface area (Å²) >= 11 is 0. The highest BCUT2D eigenvalue weighted by atomic mass is 16.4. The summed E-state index contributed by atoms with van der Waals surface area (Å²) < 4.78 is 2.20. The van der Waals surface area contributed by atoms with E-state index in [2.05, 4.69) is 52.2 Å². The quantitative estimate of drug-likeness (QED) is 0.812. The van der Waals surface area contributed by atoms with Gasteiger partial charge in [0.2, 0.25) is 0 Å². The first-order valence-electron chi connectivity index (χ1n) is 8.61. The number of nitrogens with zero attached hydrogens (tertiary/aromatic N) is 1. The maximum atomic E-state index is 11.9. The Labute approximate surface area is 139 Å². The monoisotopic (exact) mass is 315 g/mol. The highest BCUT2D eigenvalue weighted by Gasteiger charge is 2.24. The second-order valence-electron chi connectivity index (χ2n) is 7.44. The Morgan fingerprint density at radius 2 is 1.83 bits per heavy atom. The Kier molecular flexibility index (Phi) is 4.88. The molecule has 0 aliphatic heterocycles. The molecule has 2 aromatic rings. The number of aryl methyl sites for hydroxylation is 2. The average molecular weight is 315 g/mol. The molecule has 2 rings (SSSR count). The van der Waals surface area contributed by atoms with E-state index in [1.807, 2.05) is 6.07 Å². The third-order valence-corrected chi connectivity index (χ3v) is 4.59. The fraction of sp³-hybridized carbons (Fsp3) is 0.550. The van der Waals surface area contributed by atoms with Crippen LogP contribution in [0.3, 0.4) is 0 Å². The predicted octanol–water partition coefficient (Wildman–Crippen LogP) is 5.31. The lowest BCUT2D eigenvalue weighted by atomic mass is 9.84. The molecule has 126 valence electrons. The summed E-state index contributed by atoms with van der Waals surface area (Å²) in [6, 6.07) is 4.08. The van der Waals surface area contributed by atoms with Crippen molar-refractivity contribution < 1.29 is 9.90 Å². The van der Waals surface area contributed by atoms with Crippen LogP contribution >= 0.6 is 0 Å². The third kappa shape index (κ3) is 3.15. The number of carboxylic acid groups (broad SMARTS) is 1. The van der Waals surface area contributed by atoms with Crippen molar-refractivity contribution in [1.82, 2.24) is 4.57 Å². The minimum absolute atomic E-state index is 0.0668. The molecule has 1 heterocycles. The smallest absolute Gasteiger partial charge is 0.337 e. The molecule has 1 N–H and O–H groups in total. The van der Waals surface area contributed by atoms with Crippen LogP contribution in [0.15, 0.2) is 12.1 Å². The first-order valence-corrected chi connectivity index (χ1v) is 8.61. The van der Waals surface area contributed by atoms with Gasteiger partial charge < -0.3 is 9.67 Å². The van der Waals surface area contributed by atoms with Crippen molar-refractivity contribution in [2.24, 2.45) is 0 Å². The van der Waals surface area contributed by atoms with Gasteiger partial charge in [0.05, 0.1) is 11.1 Å². The van der Waals surface area contributed by atoms with Crippen LogP contribution in [0.4, 0.5) is 0 Å². The van der Waals surface area contributed by atoms with E-state index in [0.717, 1.165) is 42.3 Å². The lowest BCUT2D eigenvalue weighted by molar-refractivity contribution is 0.0698. The second-order valence-corrected chi connectivity index (χ2v) is 7.44. The lowest BCUT2D eigenvalue weighted by Gasteiger charge is -2.20. The largest absolute Gasteiger partial charge is 0.478 e. The van der Waals surface area contributed by atoms with Crippen molar-refractivity contribution in [3.8, 4) is 0 Å². The first kappa shape index (κ1) is 17.6. The van der Waals surface area contributed by atoms with E-state index >= 15 is 0 Å². The molecule has 1 aromatic carbocycles. The topological polar surface area (TPSA) is 42.2 Å². The third-order valence-electron chi connectivity index (χ3n) is 4.59. The van der Waals surface area contributed by atoms with E-state index in [1.54, 1.807) is 0 Å². The van der Waals surface area contributed by atoms with Crippen LogP contribution in [0.1, 0.15) is 74.6 Å². The van der Waals surface area contributed by atoms with Crippen molar-refractivity contribution in [3.63, 3.8) is 0 Å². The number of carboxylic acids is 1. The van der Waals surface area contributed by atoms with Gasteiger partial charge in [-0.3, -0.25) is 0 Å². The molecule has 0 saturated heterocycles. The van der Waals surface area contributed by atoms with E-state index in [0.29, 0.717) is 5.56 Å².